The van der Waals surface area contributed by atoms with E-state index in [1.807, 2.05) is 6.07 Å². The molecule has 7 nitrogen and oxygen atoms in total. The Morgan fingerprint density at radius 3 is 1.48 bits per heavy atom. The quantitative estimate of drug-likeness (QED) is 0.720. The molecule has 0 radical (unpaired) electrons. The van der Waals surface area contributed by atoms with E-state index in [0.29, 0.717) is 17.1 Å². The summed E-state index contributed by atoms with van der Waals surface area (Å²) in [6, 6.07) is 15.2. The van der Waals surface area contributed by atoms with Gasteiger partial charge in [0.25, 0.3) is 0 Å². The van der Waals surface area contributed by atoms with Crippen LogP contribution in [-0.2, 0) is 20.0 Å². The summed E-state index contributed by atoms with van der Waals surface area (Å²) in [6.45, 7) is 0. The van der Waals surface area contributed by atoms with Gasteiger partial charge in [-0.15, -0.1) is 0 Å². The average molecular weight is 357 g/mol. The van der Waals surface area contributed by atoms with Crippen molar-refractivity contribution in [2.75, 3.05) is 27.7 Å². The molecule has 0 saturated carbocycles. The molecule has 23 heavy (non-hydrogen) atoms. The Hall–Kier alpha value is -2.26. The van der Waals surface area contributed by atoms with Gasteiger partial charge < -0.3 is 5.73 Å². The zero-order valence-corrected chi connectivity index (χ0v) is 14.4. The molecule has 0 atom stereocenters. The molecule has 0 saturated heterocycles. The van der Waals surface area contributed by atoms with Crippen molar-refractivity contribution in [3.05, 3.63) is 54.6 Å². The highest BCUT2D eigenvalue weighted by Gasteiger charge is 2.00. The zero-order valence-electron chi connectivity index (χ0n) is 12.7. The predicted octanol–water partition coefficient (Wildman–Crippen LogP) is 1.70. The van der Waals surface area contributed by atoms with Crippen LogP contribution in [0.1, 0.15) is 0 Å². The lowest BCUT2D eigenvalue weighted by molar-refractivity contribution is 0.605. The maximum absolute atomic E-state index is 10.7. The van der Waals surface area contributed by atoms with Gasteiger partial charge in [-0.05, 0) is 36.4 Å². The van der Waals surface area contributed by atoms with Gasteiger partial charge in [-0.3, -0.25) is 9.44 Å². The van der Waals surface area contributed by atoms with Crippen molar-refractivity contribution in [2.45, 2.75) is 0 Å². The van der Waals surface area contributed by atoms with Gasteiger partial charge in [-0.2, -0.15) is 0 Å². The van der Waals surface area contributed by atoms with Crippen molar-refractivity contribution in [3.63, 3.8) is 0 Å². The number of hydrogen-bond acceptors (Lipinski definition) is 5. The van der Waals surface area contributed by atoms with Crippen LogP contribution in [-0.4, -0.2) is 29.3 Å². The first-order chi connectivity index (χ1) is 10.6. The third-order valence-corrected chi connectivity index (χ3v) is 3.50. The maximum atomic E-state index is 10.7. The van der Waals surface area contributed by atoms with Crippen molar-refractivity contribution in [2.24, 2.45) is 0 Å². The van der Waals surface area contributed by atoms with Crippen molar-refractivity contribution in [3.8, 4) is 0 Å². The van der Waals surface area contributed by atoms with Gasteiger partial charge in [-0.1, -0.05) is 18.2 Å². The molecule has 9 heteroatoms. The SMILES string of the molecule is CS(=O)(=O)Nc1ccc(N)cc1.CS(=O)(=O)Nc1ccccc1. The molecule has 0 spiro atoms. The van der Waals surface area contributed by atoms with E-state index < -0.39 is 20.0 Å². The Balaban J connectivity index is 0.000000231. The Kier molecular flexibility index (Phi) is 6.40. The minimum atomic E-state index is -3.18. The molecule has 4 N–H and O–H groups in total. The van der Waals surface area contributed by atoms with E-state index in [1.54, 1.807) is 48.5 Å². The second-order valence-corrected chi connectivity index (χ2v) is 8.23. The van der Waals surface area contributed by atoms with E-state index in [0.717, 1.165) is 12.5 Å². The molecule has 0 aliphatic heterocycles. The summed E-state index contributed by atoms with van der Waals surface area (Å²) >= 11 is 0. The number of benzene rings is 2. The summed E-state index contributed by atoms with van der Waals surface area (Å²) in [5.74, 6) is 0. The Labute approximate surface area is 136 Å². The van der Waals surface area contributed by atoms with Crippen LogP contribution >= 0.6 is 0 Å². The molecule has 0 aliphatic carbocycles. The summed E-state index contributed by atoms with van der Waals surface area (Å²) in [6.07, 6.45) is 2.23. The summed E-state index contributed by atoms with van der Waals surface area (Å²) in [5.41, 5.74) is 7.13. The molecule has 0 unspecified atom stereocenters. The second-order valence-electron chi connectivity index (χ2n) is 4.74. The summed E-state index contributed by atoms with van der Waals surface area (Å²) < 4.78 is 47.5. The lowest BCUT2D eigenvalue weighted by atomic mass is 10.3. The van der Waals surface area contributed by atoms with Crippen LogP contribution in [0.3, 0.4) is 0 Å². The largest absolute Gasteiger partial charge is 0.399 e. The zero-order chi connectivity index (χ0) is 17.5. The number of anilines is 3. The van der Waals surface area contributed by atoms with Gasteiger partial charge >= 0.3 is 0 Å². The molecule has 2 aromatic rings. The van der Waals surface area contributed by atoms with E-state index in [4.69, 9.17) is 5.73 Å². The van der Waals surface area contributed by atoms with Gasteiger partial charge in [0.05, 0.1) is 12.5 Å². The third kappa shape index (κ3) is 9.38. The van der Waals surface area contributed by atoms with Crippen molar-refractivity contribution < 1.29 is 16.8 Å². The van der Waals surface area contributed by atoms with Crippen molar-refractivity contribution in [1.82, 2.24) is 0 Å². The highest BCUT2D eigenvalue weighted by atomic mass is 32.2. The lowest BCUT2D eigenvalue weighted by Crippen LogP contribution is -2.09. The summed E-state index contributed by atoms with van der Waals surface area (Å²) in [5, 5.41) is 0. The molecule has 0 fully saturated rings. The van der Waals surface area contributed by atoms with E-state index in [1.165, 1.54) is 0 Å². The van der Waals surface area contributed by atoms with Gasteiger partial charge in [-0.25, -0.2) is 16.8 Å². The summed E-state index contributed by atoms with van der Waals surface area (Å²) in [7, 11) is -6.31. The van der Waals surface area contributed by atoms with Gasteiger partial charge in [0.2, 0.25) is 20.0 Å². The van der Waals surface area contributed by atoms with Crippen LogP contribution in [0.5, 0.6) is 0 Å². The first-order valence-corrected chi connectivity index (χ1v) is 10.2. The minimum Gasteiger partial charge on any atom is -0.399 e. The third-order valence-electron chi connectivity index (χ3n) is 2.29. The first-order valence-electron chi connectivity index (χ1n) is 6.41. The monoisotopic (exact) mass is 357 g/mol. The molecule has 0 heterocycles. The highest BCUT2D eigenvalue weighted by molar-refractivity contribution is 7.92. The fourth-order valence-corrected chi connectivity index (χ4v) is 2.61. The van der Waals surface area contributed by atoms with E-state index >= 15 is 0 Å². The number of nitrogen functional groups attached to an aromatic ring is 1. The van der Waals surface area contributed by atoms with Crippen LogP contribution in [0.25, 0.3) is 0 Å². The maximum Gasteiger partial charge on any atom is 0.229 e. The molecular formula is C14H19N3O4S2. The molecule has 2 aromatic carbocycles. The standard InChI is InChI=1S/C7H10N2O2S.C7H9NO2S/c1-12(10,11)9-7-4-2-6(8)3-5-7;1-11(9,10)8-7-5-3-2-4-6-7/h2-5,9H,8H2,1H3;2-6,8H,1H3. The fraction of sp³-hybridized carbons (Fsp3) is 0.143. The van der Waals surface area contributed by atoms with Crippen molar-refractivity contribution in [1.29, 1.82) is 0 Å². The van der Waals surface area contributed by atoms with Gasteiger partial charge in [0, 0.05) is 17.1 Å². The molecule has 2 rings (SSSR count). The molecule has 0 amide bonds. The Bertz CT molecular complexity index is 818. The predicted molar refractivity (Wildman–Crippen MR) is 94.2 cm³/mol. The number of para-hydroxylation sites is 1. The normalized spacial score (nSPS) is 11.0. The lowest BCUT2D eigenvalue weighted by Gasteiger charge is -2.02. The fourth-order valence-electron chi connectivity index (χ4n) is 1.49. The molecule has 0 aromatic heterocycles. The van der Waals surface area contributed by atoms with Gasteiger partial charge in [0.1, 0.15) is 0 Å². The Morgan fingerprint density at radius 1 is 0.696 bits per heavy atom. The molecular weight excluding hydrogens is 338 g/mol. The van der Waals surface area contributed by atoms with E-state index in [-0.39, 0.29) is 0 Å². The van der Waals surface area contributed by atoms with Crippen LogP contribution < -0.4 is 15.2 Å². The van der Waals surface area contributed by atoms with Crippen molar-refractivity contribution >= 4 is 37.1 Å². The first kappa shape index (κ1) is 18.8. The van der Waals surface area contributed by atoms with Crippen LogP contribution in [0.2, 0.25) is 0 Å². The van der Waals surface area contributed by atoms with E-state index in [2.05, 4.69) is 9.44 Å². The topological polar surface area (TPSA) is 118 Å². The number of sulfonamides is 2. The number of nitrogens with two attached hydrogens (primary N) is 1. The van der Waals surface area contributed by atoms with Crippen LogP contribution in [0, 0.1) is 0 Å². The smallest absolute Gasteiger partial charge is 0.229 e. The molecule has 0 bridgehead atoms. The molecule has 0 aliphatic rings. The van der Waals surface area contributed by atoms with Crippen LogP contribution in [0.15, 0.2) is 54.6 Å². The second kappa shape index (κ2) is 7.84. The van der Waals surface area contributed by atoms with Gasteiger partial charge in [0.15, 0.2) is 0 Å². The number of rotatable bonds is 4. The average Bonchev–Trinajstić information content (AvgIpc) is 2.40. The molecule has 126 valence electrons. The van der Waals surface area contributed by atoms with E-state index in [9.17, 15) is 16.8 Å². The number of hydrogen-bond donors (Lipinski definition) is 3. The minimum absolute atomic E-state index is 0.520. The van der Waals surface area contributed by atoms with Crippen LogP contribution in [0.4, 0.5) is 17.1 Å². The number of nitrogens with one attached hydrogen (secondary N) is 2. The highest BCUT2D eigenvalue weighted by Crippen LogP contribution is 2.11. The summed E-state index contributed by atoms with van der Waals surface area (Å²) in [4.78, 5) is 0. The Morgan fingerprint density at radius 2 is 1.09 bits per heavy atom.